The molecule has 0 atom stereocenters. The second-order valence-corrected chi connectivity index (χ2v) is 2.47. The van der Waals surface area contributed by atoms with Crippen molar-refractivity contribution < 1.29 is 0 Å². The Morgan fingerprint density at radius 1 is 1.67 bits per heavy atom. The molecule has 12 heavy (non-hydrogen) atoms. The molecule has 2 heterocycles. The standard InChI is InChI=1S/C6H7N5O/c1-3-8-5-6(12)9-4(7)2-11(5)10-3/h2H,7H2,1H3,(H,9,12). The number of anilines is 1. The van der Waals surface area contributed by atoms with Gasteiger partial charge in [0.05, 0.1) is 6.20 Å². The third-order valence-corrected chi connectivity index (χ3v) is 1.46. The Hall–Kier alpha value is -1.85. The number of nitrogen functional groups attached to an aromatic ring is 1. The van der Waals surface area contributed by atoms with Crippen LogP contribution in [-0.4, -0.2) is 19.6 Å². The Morgan fingerprint density at radius 3 is 3.17 bits per heavy atom. The van der Waals surface area contributed by atoms with Gasteiger partial charge in [0.15, 0.2) is 0 Å². The average Bonchev–Trinajstić information content (AvgIpc) is 2.29. The van der Waals surface area contributed by atoms with Crippen LogP contribution < -0.4 is 11.3 Å². The maximum atomic E-state index is 11.2. The number of nitrogens with two attached hydrogens (primary N) is 1. The van der Waals surface area contributed by atoms with Gasteiger partial charge in [0.25, 0.3) is 5.56 Å². The zero-order chi connectivity index (χ0) is 8.72. The van der Waals surface area contributed by atoms with Crippen molar-refractivity contribution >= 4 is 11.5 Å². The van der Waals surface area contributed by atoms with Crippen LogP contribution in [0, 0.1) is 6.92 Å². The van der Waals surface area contributed by atoms with Crippen LogP contribution in [0.3, 0.4) is 0 Å². The van der Waals surface area contributed by atoms with E-state index in [-0.39, 0.29) is 17.0 Å². The maximum Gasteiger partial charge on any atom is 0.294 e. The second kappa shape index (κ2) is 2.07. The normalized spacial score (nSPS) is 10.8. The van der Waals surface area contributed by atoms with Crippen molar-refractivity contribution in [1.82, 2.24) is 19.6 Å². The lowest BCUT2D eigenvalue weighted by atomic mass is 10.6. The van der Waals surface area contributed by atoms with Crippen LogP contribution in [0.4, 0.5) is 5.82 Å². The fourth-order valence-corrected chi connectivity index (χ4v) is 1.03. The predicted octanol–water partition coefficient (Wildman–Crippen LogP) is -0.692. The molecule has 0 amide bonds. The lowest BCUT2D eigenvalue weighted by Crippen LogP contribution is -2.12. The molecular formula is C6H7N5O. The number of nitrogens with one attached hydrogen (secondary N) is 1. The van der Waals surface area contributed by atoms with E-state index in [1.807, 2.05) is 0 Å². The summed E-state index contributed by atoms with van der Waals surface area (Å²) < 4.78 is 1.36. The van der Waals surface area contributed by atoms with Crippen molar-refractivity contribution in [2.75, 3.05) is 5.73 Å². The first kappa shape index (κ1) is 6.84. The minimum atomic E-state index is -0.324. The van der Waals surface area contributed by atoms with Gasteiger partial charge < -0.3 is 10.7 Å². The second-order valence-electron chi connectivity index (χ2n) is 2.47. The molecule has 0 aliphatic carbocycles. The van der Waals surface area contributed by atoms with Gasteiger partial charge in [0.2, 0.25) is 5.65 Å². The number of H-pyrrole nitrogens is 1. The maximum absolute atomic E-state index is 11.2. The molecule has 62 valence electrons. The van der Waals surface area contributed by atoms with Gasteiger partial charge in [-0.15, -0.1) is 0 Å². The fourth-order valence-electron chi connectivity index (χ4n) is 1.03. The largest absolute Gasteiger partial charge is 0.384 e. The number of aromatic amines is 1. The summed E-state index contributed by atoms with van der Waals surface area (Å²) in [5, 5.41) is 3.94. The van der Waals surface area contributed by atoms with Crippen molar-refractivity contribution in [2.45, 2.75) is 6.92 Å². The molecule has 6 nitrogen and oxygen atoms in total. The molecule has 2 rings (SSSR count). The summed E-state index contributed by atoms with van der Waals surface area (Å²) in [7, 11) is 0. The molecule has 0 fully saturated rings. The van der Waals surface area contributed by atoms with Crippen LogP contribution in [0.15, 0.2) is 11.0 Å². The van der Waals surface area contributed by atoms with Gasteiger partial charge in [-0.05, 0) is 6.92 Å². The lowest BCUT2D eigenvalue weighted by Gasteiger charge is -1.91. The van der Waals surface area contributed by atoms with Crippen molar-refractivity contribution in [3.05, 3.63) is 22.4 Å². The number of aryl methyl sites for hydroxylation is 1. The minimum absolute atomic E-state index is 0.265. The molecule has 2 aromatic rings. The smallest absolute Gasteiger partial charge is 0.294 e. The molecule has 0 radical (unpaired) electrons. The number of nitrogens with zero attached hydrogens (tertiary/aromatic N) is 3. The summed E-state index contributed by atoms with van der Waals surface area (Å²) >= 11 is 0. The molecule has 0 aliphatic heterocycles. The van der Waals surface area contributed by atoms with E-state index in [1.54, 1.807) is 6.92 Å². The van der Waals surface area contributed by atoms with Gasteiger partial charge in [-0.25, -0.2) is 9.50 Å². The van der Waals surface area contributed by atoms with E-state index in [4.69, 9.17) is 5.73 Å². The van der Waals surface area contributed by atoms with Crippen molar-refractivity contribution in [3.8, 4) is 0 Å². The Balaban J connectivity index is 2.98. The molecule has 0 aliphatic rings. The predicted molar refractivity (Wildman–Crippen MR) is 42.8 cm³/mol. The molecule has 0 unspecified atom stereocenters. The SMILES string of the molecule is Cc1nc2c(=O)[nH]c(N)cn2n1. The van der Waals surface area contributed by atoms with E-state index in [2.05, 4.69) is 15.1 Å². The van der Waals surface area contributed by atoms with Crippen molar-refractivity contribution in [2.24, 2.45) is 0 Å². The Bertz CT molecular complexity index is 482. The van der Waals surface area contributed by atoms with Crippen LogP contribution in [0.25, 0.3) is 5.65 Å². The van der Waals surface area contributed by atoms with Crippen molar-refractivity contribution in [3.63, 3.8) is 0 Å². The summed E-state index contributed by atoms with van der Waals surface area (Å²) in [5.41, 5.74) is 5.33. The minimum Gasteiger partial charge on any atom is -0.384 e. The third-order valence-electron chi connectivity index (χ3n) is 1.46. The van der Waals surface area contributed by atoms with E-state index < -0.39 is 0 Å². The Morgan fingerprint density at radius 2 is 2.42 bits per heavy atom. The van der Waals surface area contributed by atoms with E-state index in [1.165, 1.54) is 10.7 Å². The molecule has 0 spiro atoms. The first-order valence-corrected chi connectivity index (χ1v) is 3.38. The summed E-state index contributed by atoms with van der Waals surface area (Å²) in [6.07, 6.45) is 1.51. The molecule has 0 aromatic carbocycles. The van der Waals surface area contributed by atoms with Gasteiger partial charge in [-0.1, -0.05) is 0 Å². The number of hydrogen-bond acceptors (Lipinski definition) is 4. The number of rotatable bonds is 0. The van der Waals surface area contributed by atoms with Crippen LogP contribution in [0.5, 0.6) is 0 Å². The highest BCUT2D eigenvalue weighted by Gasteiger charge is 2.03. The number of aromatic nitrogens is 4. The van der Waals surface area contributed by atoms with Crippen LogP contribution >= 0.6 is 0 Å². The summed E-state index contributed by atoms with van der Waals surface area (Å²) in [6, 6.07) is 0. The van der Waals surface area contributed by atoms with Crippen LogP contribution in [0.1, 0.15) is 5.82 Å². The van der Waals surface area contributed by atoms with E-state index in [0.29, 0.717) is 5.82 Å². The highest BCUT2D eigenvalue weighted by atomic mass is 16.1. The van der Waals surface area contributed by atoms with E-state index >= 15 is 0 Å². The summed E-state index contributed by atoms with van der Waals surface area (Å²) in [6.45, 7) is 1.71. The zero-order valence-corrected chi connectivity index (χ0v) is 6.40. The number of hydrogen-bond donors (Lipinski definition) is 2. The Kier molecular flexibility index (Phi) is 1.18. The lowest BCUT2D eigenvalue weighted by molar-refractivity contribution is 0.917. The molecule has 6 heteroatoms. The van der Waals surface area contributed by atoms with Gasteiger partial charge >= 0.3 is 0 Å². The average molecular weight is 165 g/mol. The third kappa shape index (κ3) is 0.849. The summed E-state index contributed by atoms with van der Waals surface area (Å²) in [5.74, 6) is 0.823. The number of fused-ring (bicyclic) bond motifs is 1. The van der Waals surface area contributed by atoms with Gasteiger partial charge in [0.1, 0.15) is 11.6 Å². The molecule has 0 saturated carbocycles. The van der Waals surface area contributed by atoms with Gasteiger partial charge in [0, 0.05) is 0 Å². The first-order chi connectivity index (χ1) is 5.66. The van der Waals surface area contributed by atoms with E-state index in [0.717, 1.165) is 0 Å². The molecular weight excluding hydrogens is 158 g/mol. The zero-order valence-electron chi connectivity index (χ0n) is 6.40. The first-order valence-electron chi connectivity index (χ1n) is 3.38. The Labute approximate surface area is 67.0 Å². The van der Waals surface area contributed by atoms with Crippen molar-refractivity contribution in [1.29, 1.82) is 0 Å². The monoisotopic (exact) mass is 165 g/mol. The molecule has 0 saturated heterocycles. The summed E-state index contributed by atoms with van der Waals surface area (Å²) in [4.78, 5) is 17.5. The van der Waals surface area contributed by atoms with Gasteiger partial charge in [-0.2, -0.15) is 5.10 Å². The van der Waals surface area contributed by atoms with E-state index in [9.17, 15) is 4.79 Å². The van der Waals surface area contributed by atoms with Crippen LogP contribution in [-0.2, 0) is 0 Å². The highest BCUT2D eigenvalue weighted by Crippen LogP contribution is 1.96. The molecule has 0 bridgehead atoms. The molecule has 3 N–H and O–H groups in total. The topological polar surface area (TPSA) is 89.1 Å². The van der Waals surface area contributed by atoms with Crippen LogP contribution in [0.2, 0.25) is 0 Å². The highest BCUT2D eigenvalue weighted by molar-refractivity contribution is 5.38. The molecule has 2 aromatic heterocycles. The quantitative estimate of drug-likeness (QED) is 0.540. The fraction of sp³-hybridized carbons (Fsp3) is 0.167. The van der Waals surface area contributed by atoms with Gasteiger partial charge in [-0.3, -0.25) is 4.79 Å².